The summed E-state index contributed by atoms with van der Waals surface area (Å²) in [6.45, 7) is 4.21. The average molecular weight is 261 g/mol. The van der Waals surface area contributed by atoms with Gasteiger partial charge in [0, 0.05) is 24.4 Å². The Kier molecular flexibility index (Phi) is 8.11. The van der Waals surface area contributed by atoms with Crippen LogP contribution in [0.4, 0.5) is 0 Å². The van der Waals surface area contributed by atoms with Crippen LogP contribution in [0.25, 0.3) is 0 Å². The van der Waals surface area contributed by atoms with Gasteiger partial charge in [0.1, 0.15) is 0 Å². The SMILES string of the molecule is CCCCCCCCCCC(=O)c1cncc(C)c1. The molecule has 2 heteroatoms. The van der Waals surface area contributed by atoms with Gasteiger partial charge in [-0.15, -0.1) is 0 Å². The van der Waals surface area contributed by atoms with Gasteiger partial charge in [0.2, 0.25) is 0 Å². The number of aryl methyl sites for hydroxylation is 1. The van der Waals surface area contributed by atoms with Crippen LogP contribution in [0.3, 0.4) is 0 Å². The van der Waals surface area contributed by atoms with E-state index in [1.165, 1.54) is 44.9 Å². The Morgan fingerprint density at radius 1 is 1.00 bits per heavy atom. The molecular formula is C17H27NO. The minimum Gasteiger partial charge on any atom is -0.294 e. The first-order chi connectivity index (χ1) is 9.24. The van der Waals surface area contributed by atoms with E-state index in [1.807, 2.05) is 13.0 Å². The van der Waals surface area contributed by atoms with Crippen molar-refractivity contribution in [1.82, 2.24) is 4.98 Å². The molecule has 0 aliphatic heterocycles. The lowest BCUT2D eigenvalue weighted by Crippen LogP contribution is -2.00. The number of pyridine rings is 1. The maximum absolute atomic E-state index is 11.9. The second-order valence-corrected chi connectivity index (χ2v) is 5.40. The predicted molar refractivity (Wildman–Crippen MR) is 80.5 cm³/mol. The first-order valence-electron chi connectivity index (χ1n) is 7.69. The van der Waals surface area contributed by atoms with Crippen LogP contribution in [0.5, 0.6) is 0 Å². The summed E-state index contributed by atoms with van der Waals surface area (Å²) in [6.07, 6.45) is 14.3. The Morgan fingerprint density at radius 2 is 1.63 bits per heavy atom. The molecule has 0 aromatic carbocycles. The molecule has 0 fully saturated rings. The van der Waals surface area contributed by atoms with Gasteiger partial charge in [-0.2, -0.15) is 0 Å². The Balaban J connectivity index is 2.08. The number of hydrogen-bond donors (Lipinski definition) is 0. The lowest BCUT2D eigenvalue weighted by Gasteiger charge is -2.03. The van der Waals surface area contributed by atoms with Crippen molar-refractivity contribution >= 4 is 5.78 Å². The molecule has 1 heterocycles. The van der Waals surface area contributed by atoms with E-state index in [0.29, 0.717) is 6.42 Å². The highest BCUT2D eigenvalue weighted by Crippen LogP contribution is 2.12. The molecule has 19 heavy (non-hydrogen) atoms. The van der Waals surface area contributed by atoms with Crippen LogP contribution in [0.2, 0.25) is 0 Å². The van der Waals surface area contributed by atoms with Crippen molar-refractivity contribution in [3.05, 3.63) is 29.6 Å². The lowest BCUT2D eigenvalue weighted by molar-refractivity contribution is 0.0978. The van der Waals surface area contributed by atoms with Crippen LogP contribution >= 0.6 is 0 Å². The van der Waals surface area contributed by atoms with E-state index >= 15 is 0 Å². The minimum absolute atomic E-state index is 0.238. The Hall–Kier alpha value is -1.18. The highest BCUT2D eigenvalue weighted by Gasteiger charge is 2.05. The van der Waals surface area contributed by atoms with Gasteiger partial charge in [-0.05, 0) is 25.0 Å². The molecule has 2 nitrogen and oxygen atoms in total. The van der Waals surface area contributed by atoms with Crippen LogP contribution < -0.4 is 0 Å². The zero-order valence-electron chi connectivity index (χ0n) is 12.5. The minimum atomic E-state index is 0.238. The number of carbonyl (C=O) groups excluding carboxylic acids is 1. The van der Waals surface area contributed by atoms with Gasteiger partial charge in [-0.25, -0.2) is 0 Å². The smallest absolute Gasteiger partial charge is 0.164 e. The summed E-state index contributed by atoms with van der Waals surface area (Å²) in [5.74, 6) is 0.238. The van der Waals surface area contributed by atoms with E-state index < -0.39 is 0 Å². The summed E-state index contributed by atoms with van der Waals surface area (Å²) in [4.78, 5) is 16.0. The predicted octanol–water partition coefficient (Wildman–Crippen LogP) is 5.10. The van der Waals surface area contributed by atoms with Crippen LogP contribution in [0.1, 0.15) is 80.6 Å². The molecule has 0 unspecified atom stereocenters. The van der Waals surface area contributed by atoms with Gasteiger partial charge in [-0.1, -0.05) is 51.9 Å². The average Bonchev–Trinajstić information content (AvgIpc) is 2.41. The van der Waals surface area contributed by atoms with Crippen molar-refractivity contribution in [3.8, 4) is 0 Å². The van der Waals surface area contributed by atoms with Gasteiger partial charge in [-0.3, -0.25) is 9.78 Å². The number of ketones is 1. The maximum atomic E-state index is 11.9. The quantitative estimate of drug-likeness (QED) is 0.433. The molecule has 0 amide bonds. The molecule has 1 rings (SSSR count). The molecule has 0 atom stereocenters. The van der Waals surface area contributed by atoms with Crippen molar-refractivity contribution in [2.75, 3.05) is 0 Å². The Bertz CT molecular complexity index is 373. The topological polar surface area (TPSA) is 30.0 Å². The highest BCUT2D eigenvalue weighted by molar-refractivity contribution is 5.95. The molecule has 0 bridgehead atoms. The van der Waals surface area contributed by atoms with Crippen molar-refractivity contribution in [3.63, 3.8) is 0 Å². The Morgan fingerprint density at radius 3 is 2.26 bits per heavy atom. The standard InChI is InChI=1S/C17H27NO/c1-3-4-5-6-7-8-9-10-11-17(19)16-12-15(2)13-18-14-16/h12-14H,3-11H2,1-2H3. The van der Waals surface area contributed by atoms with E-state index in [1.54, 1.807) is 12.4 Å². The first kappa shape index (κ1) is 15.9. The molecule has 0 aliphatic carbocycles. The lowest BCUT2D eigenvalue weighted by atomic mass is 10.0. The van der Waals surface area contributed by atoms with E-state index in [2.05, 4.69) is 11.9 Å². The molecule has 1 aromatic rings. The molecule has 1 aromatic heterocycles. The molecule has 106 valence electrons. The van der Waals surface area contributed by atoms with Crippen molar-refractivity contribution in [1.29, 1.82) is 0 Å². The van der Waals surface area contributed by atoms with Crippen molar-refractivity contribution in [2.24, 2.45) is 0 Å². The molecule has 0 spiro atoms. The van der Waals surface area contributed by atoms with Gasteiger partial charge in [0.15, 0.2) is 5.78 Å². The molecule has 0 saturated carbocycles. The fourth-order valence-electron chi connectivity index (χ4n) is 2.27. The van der Waals surface area contributed by atoms with E-state index in [4.69, 9.17) is 0 Å². The van der Waals surface area contributed by atoms with E-state index in [-0.39, 0.29) is 5.78 Å². The molecular weight excluding hydrogens is 234 g/mol. The summed E-state index contributed by atoms with van der Waals surface area (Å²) < 4.78 is 0. The Labute approximate surface area is 117 Å². The van der Waals surface area contributed by atoms with Crippen LogP contribution in [-0.4, -0.2) is 10.8 Å². The fraction of sp³-hybridized carbons (Fsp3) is 0.647. The van der Waals surface area contributed by atoms with Crippen LogP contribution in [-0.2, 0) is 0 Å². The summed E-state index contributed by atoms with van der Waals surface area (Å²) in [5.41, 5.74) is 1.82. The largest absolute Gasteiger partial charge is 0.294 e. The summed E-state index contributed by atoms with van der Waals surface area (Å²) in [6, 6.07) is 1.93. The van der Waals surface area contributed by atoms with Crippen molar-refractivity contribution in [2.45, 2.75) is 71.6 Å². The van der Waals surface area contributed by atoms with Gasteiger partial charge in [0.25, 0.3) is 0 Å². The zero-order chi connectivity index (χ0) is 13.9. The van der Waals surface area contributed by atoms with Gasteiger partial charge in [0.05, 0.1) is 0 Å². The number of rotatable bonds is 10. The zero-order valence-corrected chi connectivity index (χ0v) is 12.5. The van der Waals surface area contributed by atoms with Gasteiger partial charge < -0.3 is 0 Å². The van der Waals surface area contributed by atoms with Crippen LogP contribution in [0, 0.1) is 6.92 Å². The van der Waals surface area contributed by atoms with E-state index in [9.17, 15) is 4.79 Å². The first-order valence-corrected chi connectivity index (χ1v) is 7.69. The number of unbranched alkanes of at least 4 members (excludes halogenated alkanes) is 7. The number of Topliss-reactive ketones (excluding diaryl/α,β-unsaturated/α-hetero) is 1. The number of carbonyl (C=O) groups is 1. The third-order valence-corrected chi connectivity index (χ3v) is 3.45. The normalized spacial score (nSPS) is 10.6. The molecule has 0 radical (unpaired) electrons. The maximum Gasteiger partial charge on any atom is 0.164 e. The van der Waals surface area contributed by atoms with E-state index in [0.717, 1.165) is 17.5 Å². The highest BCUT2D eigenvalue weighted by atomic mass is 16.1. The second kappa shape index (κ2) is 9.71. The number of aromatic nitrogens is 1. The summed E-state index contributed by atoms with van der Waals surface area (Å²) >= 11 is 0. The summed E-state index contributed by atoms with van der Waals surface area (Å²) in [7, 11) is 0. The number of nitrogens with zero attached hydrogens (tertiary/aromatic N) is 1. The third-order valence-electron chi connectivity index (χ3n) is 3.45. The third kappa shape index (κ3) is 7.09. The molecule has 0 N–H and O–H groups in total. The fourth-order valence-corrected chi connectivity index (χ4v) is 2.27. The van der Waals surface area contributed by atoms with Crippen molar-refractivity contribution < 1.29 is 4.79 Å². The molecule has 0 aliphatic rings. The summed E-state index contributed by atoms with van der Waals surface area (Å²) in [5, 5.41) is 0. The van der Waals surface area contributed by atoms with Crippen LogP contribution in [0.15, 0.2) is 18.5 Å². The molecule has 0 saturated heterocycles. The second-order valence-electron chi connectivity index (χ2n) is 5.40. The van der Waals surface area contributed by atoms with Gasteiger partial charge >= 0.3 is 0 Å². The monoisotopic (exact) mass is 261 g/mol. The number of hydrogen-bond acceptors (Lipinski definition) is 2.